The Balaban J connectivity index is 2.17. The predicted octanol–water partition coefficient (Wildman–Crippen LogP) is 3.77. The number of carbonyl (C=O) groups excluding carboxylic acids is 1. The van der Waals surface area contributed by atoms with E-state index in [9.17, 15) is 4.79 Å². The first kappa shape index (κ1) is 11.9. The van der Waals surface area contributed by atoms with Gasteiger partial charge in [-0.25, -0.2) is 0 Å². The SMILES string of the molecule is CC1(C)CB(C2=CC(=O)CCC2)CC1(C)C. The standard InChI is InChI=1S/C14H23BO/c1-13(2)9-15(10-14(13,3)4)11-6-5-7-12(16)8-11/h8H,5-7,9-10H2,1-4H3. The Morgan fingerprint density at radius 1 is 1.06 bits per heavy atom. The van der Waals surface area contributed by atoms with E-state index in [-0.39, 0.29) is 0 Å². The minimum Gasteiger partial charge on any atom is -0.295 e. The highest BCUT2D eigenvalue weighted by Crippen LogP contribution is 2.54. The number of allylic oxidation sites excluding steroid dienone is 2. The van der Waals surface area contributed by atoms with Gasteiger partial charge in [0, 0.05) is 6.42 Å². The first-order chi connectivity index (χ1) is 7.32. The Morgan fingerprint density at radius 3 is 2.12 bits per heavy atom. The maximum atomic E-state index is 11.5. The van der Waals surface area contributed by atoms with Crippen molar-refractivity contribution in [3.8, 4) is 0 Å². The van der Waals surface area contributed by atoms with E-state index in [0.29, 0.717) is 23.3 Å². The van der Waals surface area contributed by atoms with E-state index in [1.165, 1.54) is 18.1 Å². The fraction of sp³-hybridized carbons (Fsp3) is 0.786. The summed E-state index contributed by atoms with van der Waals surface area (Å²) in [5.41, 5.74) is 2.24. The second-order valence-corrected chi connectivity index (χ2v) is 6.91. The summed E-state index contributed by atoms with van der Waals surface area (Å²) in [6.07, 6.45) is 7.44. The minimum absolute atomic E-state index is 0.351. The summed E-state index contributed by atoms with van der Waals surface area (Å²) in [6.45, 7) is 10.2. The van der Waals surface area contributed by atoms with E-state index in [1.54, 1.807) is 0 Å². The summed E-state index contributed by atoms with van der Waals surface area (Å²) < 4.78 is 0. The fourth-order valence-corrected chi connectivity index (χ4v) is 3.26. The Labute approximate surface area is 99.8 Å². The van der Waals surface area contributed by atoms with Gasteiger partial charge in [-0.3, -0.25) is 4.79 Å². The molecule has 1 saturated heterocycles. The molecule has 88 valence electrons. The summed E-state index contributed by atoms with van der Waals surface area (Å²) in [5, 5.41) is 0. The second kappa shape index (κ2) is 3.75. The quantitative estimate of drug-likeness (QED) is 0.612. The van der Waals surface area contributed by atoms with Gasteiger partial charge in [0.25, 0.3) is 0 Å². The van der Waals surface area contributed by atoms with Gasteiger partial charge in [0.15, 0.2) is 12.5 Å². The van der Waals surface area contributed by atoms with Crippen LogP contribution >= 0.6 is 0 Å². The minimum atomic E-state index is 0.351. The van der Waals surface area contributed by atoms with Crippen LogP contribution in [0.5, 0.6) is 0 Å². The largest absolute Gasteiger partial charge is 0.295 e. The molecule has 1 aliphatic carbocycles. The Kier molecular flexibility index (Phi) is 2.80. The molecular weight excluding hydrogens is 195 g/mol. The Morgan fingerprint density at radius 2 is 1.62 bits per heavy atom. The Hall–Kier alpha value is -0.525. The molecule has 2 rings (SSSR count). The molecular formula is C14H23BO. The summed E-state index contributed by atoms with van der Waals surface area (Å²) in [6, 6.07) is 0. The van der Waals surface area contributed by atoms with Crippen LogP contribution < -0.4 is 0 Å². The normalized spacial score (nSPS) is 28.1. The number of ketones is 1. The van der Waals surface area contributed by atoms with E-state index in [2.05, 4.69) is 27.7 Å². The van der Waals surface area contributed by atoms with Crippen molar-refractivity contribution in [3.05, 3.63) is 11.5 Å². The molecule has 0 spiro atoms. The van der Waals surface area contributed by atoms with Crippen molar-refractivity contribution >= 4 is 12.5 Å². The average Bonchev–Trinajstić information content (AvgIpc) is 2.36. The van der Waals surface area contributed by atoms with Gasteiger partial charge in [-0.05, 0) is 29.7 Å². The van der Waals surface area contributed by atoms with Crippen LogP contribution in [0, 0.1) is 10.8 Å². The fourth-order valence-electron chi connectivity index (χ4n) is 3.26. The van der Waals surface area contributed by atoms with Gasteiger partial charge in [0.1, 0.15) is 0 Å². The van der Waals surface area contributed by atoms with E-state index >= 15 is 0 Å². The van der Waals surface area contributed by atoms with Crippen LogP contribution in [0.1, 0.15) is 47.0 Å². The van der Waals surface area contributed by atoms with Gasteiger partial charge in [0.05, 0.1) is 0 Å². The van der Waals surface area contributed by atoms with Crippen LogP contribution in [-0.2, 0) is 4.79 Å². The summed E-state index contributed by atoms with van der Waals surface area (Å²) >= 11 is 0. The van der Waals surface area contributed by atoms with E-state index in [0.717, 1.165) is 19.3 Å². The molecule has 16 heavy (non-hydrogen) atoms. The van der Waals surface area contributed by atoms with Crippen molar-refractivity contribution in [2.45, 2.75) is 59.6 Å². The molecule has 1 aliphatic heterocycles. The Bertz CT molecular complexity index is 323. The van der Waals surface area contributed by atoms with Crippen LogP contribution in [-0.4, -0.2) is 12.5 Å². The van der Waals surface area contributed by atoms with Gasteiger partial charge in [0.2, 0.25) is 0 Å². The first-order valence-corrected chi connectivity index (χ1v) is 6.55. The van der Waals surface area contributed by atoms with E-state index in [1.807, 2.05) is 6.08 Å². The molecule has 0 amide bonds. The smallest absolute Gasteiger partial charge is 0.171 e. The summed E-state index contributed by atoms with van der Waals surface area (Å²) in [5.74, 6) is 0.351. The van der Waals surface area contributed by atoms with Gasteiger partial charge in [-0.2, -0.15) is 0 Å². The summed E-state index contributed by atoms with van der Waals surface area (Å²) in [4.78, 5) is 11.5. The molecule has 0 saturated carbocycles. The molecule has 0 aromatic rings. The monoisotopic (exact) mass is 218 g/mol. The third-order valence-corrected chi connectivity index (χ3v) is 5.10. The summed E-state index contributed by atoms with van der Waals surface area (Å²) in [7, 11) is 0. The molecule has 1 nitrogen and oxygen atoms in total. The van der Waals surface area contributed by atoms with E-state index in [4.69, 9.17) is 0 Å². The molecule has 0 N–H and O–H groups in total. The predicted molar refractivity (Wildman–Crippen MR) is 69.9 cm³/mol. The molecule has 0 aromatic carbocycles. The molecule has 2 heteroatoms. The maximum absolute atomic E-state index is 11.5. The third-order valence-electron chi connectivity index (χ3n) is 5.10. The van der Waals surface area contributed by atoms with Crippen molar-refractivity contribution in [1.82, 2.24) is 0 Å². The zero-order valence-electron chi connectivity index (χ0n) is 11.1. The number of hydrogen-bond acceptors (Lipinski definition) is 1. The zero-order valence-corrected chi connectivity index (χ0v) is 11.1. The highest BCUT2D eigenvalue weighted by Gasteiger charge is 2.48. The number of rotatable bonds is 1. The van der Waals surface area contributed by atoms with Crippen LogP contribution in [0.2, 0.25) is 12.6 Å². The number of carbonyl (C=O) groups is 1. The van der Waals surface area contributed by atoms with Gasteiger partial charge >= 0.3 is 0 Å². The lowest BCUT2D eigenvalue weighted by molar-refractivity contribution is -0.115. The van der Waals surface area contributed by atoms with E-state index < -0.39 is 0 Å². The molecule has 0 unspecified atom stereocenters. The highest BCUT2D eigenvalue weighted by molar-refractivity contribution is 6.68. The second-order valence-electron chi connectivity index (χ2n) is 6.91. The van der Waals surface area contributed by atoms with Crippen molar-refractivity contribution in [1.29, 1.82) is 0 Å². The molecule has 0 aromatic heterocycles. The van der Waals surface area contributed by atoms with Crippen LogP contribution in [0.25, 0.3) is 0 Å². The molecule has 1 fully saturated rings. The van der Waals surface area contributed by atoms with Crippen molar-refractivity contribution in [2.75, 3.05) is 0 Å². The van der Waals surface area contributed by atoms with Gasteiger partial charge < -0.3 is 0 Å². The molecule has 0 radical (unpaired) electrons. The average molecular weight is 218 g/mol. The van der Waals surface area contributed by atoms with Crippen molar-refractivity contribution < 1.29 is 4.79 Å². The first-order valence-electron chi connectivity index (χ1n) is 6.55. The lowest BCUT2D eigenvalue weighted by Gasteiger charge is -2.35. The van der Waals surface area contributed by atoms with Crippen molar-refractivity contribution in [3.63, 3.8) is 0 Å². The molecule has 0 bridgehead atoms. The lowest BCUT2D eigenvalue weighted by Crippen LogP contribution is -2.24. The van der Waals surface area contributed by atoms with Crippen LogP contribution in [0.15, 0.2) is 11.5 Å². The maximum Gasteiger partial charge on any atom is 0.171 e. The van der Waals surface area contributed by atoms with Crippen LogP contribution in [0.4, 0.5) is 0 Å². The topological polar surface area (TPSA) is 17.1 Å². The molecule has 1 heterocycles. The van der Waals surface area contributed by atoms with Gasteiger partial charge in [-0.15, -0.1) is 0 Å². The molecule has 2 aliphatic rings. The van der Waals surface area contributed by atoms with Gasteiger partial charge in [-0.1, -0.05) is 45.8 Å². The number of hydrogen-bond donors (Lipinski definition) is 0. The third kappa shape index (κ3) is 1.99. The van der Waals surface area contributed by atoms with Crippen molar-refractivity contribution in [2.24, 2.45) is 10.8 Å². The lowest BCUT2D eigenvalue weighted by atomic mass is 9.40. The molecule has 0 atom stereocenters. The van der Waals surface area contributed by atoms with Crippen LogP contribution in [0.3, 0.4) is 0 Å². The highest BCUT2D eigenvalue weighted by atomic mass is 16.1. The zero-order chi connectivity index (χ0) is 12.0.